The Hall–Kier alpha value is -2.92. The van der Waals surface area contributed by atoms with Crippen LogP contribution in [0.5, 0.6) is 0 Å². The van der Waals surface area contributed by atoms with Crippen LogP contribution in [0.1, 0.15) is 27.0 Å². The molecule has 1 amide bonds. The van der Waals surface area contributed by atoms with Gasteiger partial charge in [0, 0.05) is 29.6 Å². The molecule has 0 radical (unpaired) electrons. The van der Waals surface area contributed by atoms with Crippen molar-refractivity contribution in [1.29, 1.82) is 0 Å². The third-order valence-corrected chi connectivity index (χ3v) is 4.41. The van der Waals surface area contributed by atoms with Gasteiger partial charge in [-0.25, -0.2) is 9.97 Å². The van der Waals surface area contributed by atoms with Crippen molar-refractivity contribution in [1.82, 2.24) is 9.97 Å². The van der Waals surface area contributed by atoms with Crippen LogP contribution in [0.4, 0.5) is 11.6 Å². The zero-order valence-electron chi connectivity index (χ0n) is 14.6. The molecule has 132 valence electrons. The molecule has 0 spiro atoms. The van der Waals surface area contributed by atoms with Crippen molar-refractivity contribution in [2.24, 2.45) is 0 Å². The molecular formula is C20H19ClN4O. The predicted octanol–water partition coefficient (Wildman–Crippen LogP) is 4.61. The Labute approximate surface area is 157 Å². The van der Waals surface area contributed by atoms with Crippen LogP contribution in [-0.4, -0.2) is 15.9 Å². The van der Waals surface area contributed by atoms with Crippen molar-refractivity contribution >= 4 is 29.1 Å². The average Bonchev–Trinajstić information content (AvgIpc) is 2.65. The molecular weight excluding hydrogens is 348 g/mol. The highest BCUT2D eigenvalue weighted by Crippen LogP contribution is 2.23. The average molecular weight is 367 g/mol. The molecule has 0 saturated carbocycles. The number of amides is 1. The van der Waals surface area contributed by atoms with E-state index in [1.165, 1.54) is 18.0 Å². The van der Waals surface area contributed by atoms with E-state index in [0.717, 1.165) is 11.1 Å². The maximum absolute atomic E-state index is 12.3. The number of anilines is 2. The van der Waals surface area contributed by atoms with Crippen molar-refractivity contribution in [2.45, 2.75) is 20.4 Å². The van der Waals surface area contributed by atoms with Crippen LogP contribution in [0.2, 0.25) is 5.02 Å². The fourth-order valence-electron chi connectivity index (χ4n) is 2.36. The van der Waals surface area contributed by atoms with Gasteiger partial charge in [-0.2, -0.15) is 0 Å². The Morgan fingerprint density at radius 1 is 1.04 bits per heavy atom. The number of rotatable bonds is 5. The van der Waals surface area contributed by atoms with Gasteiger partial charge >= 0.3 is 0 Å². The van der Waals surface area contributed by atoms with Gasteiger partial charge in [0.1, 0.15) is 0 Å². The number of nitrogens with zero attached hydrogens (tertiary/aromatic N) is 2. The molecule has 2 N–H and O–H groups in total. The second-order valence-corrected chi connectivity index (χ2v) is 6.41. The van der Waals surface area contributed by atoms with E-state index in [2.05, 4.69) is 51.8 Å². The smallest absolute Gasteiger partial charge is 0.258 e. The zero-order chi connectivity index (χ0) is 18.5. The van der Waals surface area contributed by atoms with Crippen molar-refractivity contribution in [3.05, 3.63) is 82.1 Å². The van der Waals surface area contributed by atoms with E-state index in [9.17, 15) is 4.79 Å². The molecule has 5 nitrogen and oxygen atoms in total. The van der Waals surface area contributed by atoms with E-state index in [-0.39, 0.29) is 5.91 Å². The predicted molar refractivity (Wildman–Crippen MR) is 105 cm³/mol. The third kappa shape index (κ3) is 4.37. The first-order chi connectivity index (χ1) is 12.5. The summed E-state index contributed by atoms with van der Waals surface area (Å²) < 4.78 is 0. The summed E-state index contributed by atoms with van der Waals surface area (Å²) in [6.45, 7) is 4.52. The van der Waals surface area contributed by atoms with E-state index in [1.807, 2.05) is 6.92 Å². The SMILES string of the molecule is Cc1ccc(CNc2ncc(C(=O)Nc3cccc(Cl)c3C)cn2)cc1. The van der Waals surface area contributed by atoms with Crippen molar-refractivity contribution in [2.75, 3.05) is 10.6 Å². The van der Waals surface area contributed by atoms with Crippen LogP contribution >= 0.6 is 11.6 Å². The molecule has 0 aliphatic heterocycles. The topological polar surface area (TPSA) is 66.9 Å². The molecule has 0 aliphatic rings. The lowest BCUT2D eigenvalue weighted by Crippen LogP contribution is -2.14. The normalized spacial score (nSPS) is 10.4. The summed E-state index contributed by atoms with van der Waals surface area (Å²) in [7, 11) is 0. The molecule has 0 atom stereocenters. The van der Waals surface area contributed by atoms with Crippen LogP contribution in [0.15, 0.2) is 54.9 Å². The maximum atomic E-state index is 12.3. The molecule has 3 aromatic rings. The quantitative estimate of drug-likeness (QED) is 0.691. The fraction of sp³-hybridized carbons (Fsp3) is 0.150. The number of carbonyl (C=O) groups is 1. The number of aromatic nitrogens is 2. The maximum Gasteiger partial charge on any atom is 0.258 e. The van der Waals surface area contributed by atoms with Gasteiger partial charge in [-0.05, 0) is 37.1 Å². The van der Waals surface area contributed by atoms with Crippen molar-refractivity contribution in [3.8, 4) is 0 Å². The number of benzene rings is 2. The highest BCUT2D eigenvalue weighted by atomic mass is 35.5. The molecule has 0 bridgehead atoms. The summed E-state index contributed by atoms with van der Waals surface area (Å²) in [6.07, 6.45) is 3.00. The standard InChI is InChI=1S/C20H19ClN4O/c1-13-6-8-15(9-7-13)10-22-20-23-11-16(12-24-20)19(26)25-18-5-3-4-17(21)14(18)2/h3-9,11-12H,10H2,1-2H3,(H,25,26)(H,22,23,24). The summed E-state index contributed by atoms with van der Waals surface area (Å²) in [5, 5.41) is 6.57. The number of hydrogen-bond acceptors (Lipinski definition) is 4. The summed E-state index contributed by atoms with van der Waals surface area (Å²) in [4.78, 5) is 20.8. The van der Waals surface area contributed by atoms with Gasteiger partial charge in [-0.15, -0.1) is 0 Å². The van der Waals surface area contributed by atoms with Gasteiger partial charge in [-0.3, -0.25) is 4.79 Å². The first-order valence-electron chi connectivity index (χ1n) is 8.21. The number of aryl methyl sites for hydroxylation is 1. The molecule has 0 aliphatic carbocycles. The van der Waals surface area contributed by atoms with E-state index < -0.39 is 0 Å². The molecule has 26 heavy (non-hydrogen) atoms. The number of halogens is 1. The number of carbonyl (C=O) groups excluding carboxylic acids is 1. The van der Waals surface area contributed by atoms with Crippen LogP contribution in [-0.2, 0) is 6.54 Å². The van der Waals surface area contributed by atoms with Gasteiger partial charge in [0.15, 0.2) is 0 Å². The summed E-state index contributed by atoms with van der Waals surface area (Å²) in [6, 6.07) is 13.6. The van der Waals surface area contributed by atoms with Crippen molar-refractivity contribution in [3.63, 3.8) is 0 Å². The summed E-state index contributed by atoms with van der Waals surface area (Å²) in [5.41, 5.74) is 4.22. The van der Waals surface area contributed by atoms with Gasteiger partial charge in [0.2, 0.25) is 5.95 Å². The Morgan fingerprint density at radius 3 is 2.42 bits per heavy atom. The molecule has 6 heteroatoms. The van der Waals surface area contributed by atoms with E-state index in [0.29, 0.717) is 28.8 Å². The first kappa shape index (κ1) is 17.9. The lowest BCUT2D eigenvalue weighted by molar-refractivity contribution is 0.102. The monoisotopic (exact) mass is 366 g/mol. The minimum absolute atomic E-state index is 0.277. The van der Waals surface area contributed by atoms with Gasteiger partial charge in [0.05, 0.1) is 5.56 Å². The highest BCUT2D eigenvalue weighted by Gasteiger charge is 2.10. The minimum Gasteiger partial charge on any atom is -0.350 e. The Balaban J connectivity index is 1.62. The zero-order valence-corrected chi connectivity index (χ0v) is 15.3. The molecule has 0 unspecified atom stereocenters. The largest absolute Gasteiger partial charge is 0.350 e. The van der Waals surface area contributed by atoms with E-state index >= 15 is 0 Å². The van der Waals surface area contributed by atoms with Crippen LogP contribution < -0.4 is 10.6 Å². The Bertz CT molecular complexity index is 908. The van der Waals surface area contributed by atoms with E-state index in [4.69, 9.17) is 11.6 Å². The Morgan fingerprint density at radius 2 is 1.73 bits per heavy atom. The molecule has 1 aromatic heterocycles. The van der Waals surface area contributed by atoms with Gasteiger partial charge in [0.25, 0.3) is 5.91 Å². The molecule has 0 saturated heterocycles. The first-order valence-corrected chi connectivity index (χ1v) is 8.58. The molecule has 1 heterocycles. The molecule has 0 fully saturated rings. The minimum atomic E-state index is -0.277. The number of nitrogens with one attached hydrogen (secondary N) is 2. The van der Waals surface area contributed by atoms with Crippen LogP contribution in [0.3, 0.4) is 0 Å². The van der Waals surface area contributed by atoms with Crippen LogP contribution in [0.25, 0.3) is 0 Å². The lowest BCUT2D eigenvalue weighted by Gasteiger charge is -2.10. The van der Waals surface area contributed by atoms with E-state index in [1.54, 1.807) is 18.2 Å². The van der Waals surface area contributed by atoms with Gasteiger partial charge in [-0.1, -0.05) is 47.5 Å². The number of hydrogen-bond donors (Lipinski definition) is 2. The molecule has 2 aromatic carbocycles. The van der Waals surface area contributed by atoms with Crippen LogP contribution in [0, 0.1) is 13.8 Å². The summed E-state index contributed by atoms with van der Waals surface area (Å²) >= 11 is 6.07. The van der Waals surface area contributed by atoms with Crippen molar-refractivity contribution < 1.29 is 4.79 Å². The summed E-state index contributed by atoms with van der Waals surface area (Å²) in [5.74, 6) is 0.196. The third-order valence-electron chi connectivity index (χ3n) is 4.00. The fourth-order valence-corrected chi connectivity index (χ4v) is 2.54. The Kier molecular flexibility index (Phi) is 5.49. The van der Waals surface area contributed by atoms with Gasteiger partial charge < -0.3 is 10.6 Å². The highest BCUT2D eigenvalue weighted by molar-refractivity contribution is 6.31. The second kappa shape index (κ2) is 7.97. The lowest BCUT2D eigenvalue weighted by atomic mass is 10.1. The second-order valence-electron chi connectivity index (χ2n) is 6.00. The molecule has 3 rings (SSSR count).